The third kappa shape index (κ3) is 3.61. The molecule has 0 radical (unpaired) electrons. The normalized spacial score (nSPS) is 21.7. The number of anilines is 1. The number of hydrogen-bond acceptors (Lipinski definition) is 3. The zero-order valence-electron chi connectivity index (χ0n) is 14.9. The second-order valence-electron chi connectivity index (χ2n) is 7.10. The predicted octanol–water partition coefficient (Wildman–Crippen LogP) is 4.54. The van der Waals surface area contributed by atoms with E-state index in [2.05, 4.69) is 0 Å². The minimum atomic E-state index is -4.45. The van der Waals surface area contributed by atoms with Crippen LogP contribution in [0.15, 0.2) is 48.5 Å². The molecule has 1 aliphatic carbocycles. The maximum absolute atomic E-state index is 13.2. The number of halogens is 3. The lowest BCUT2D eigenvalue weighted by Crippen LogP contribution is -2.23. The van der Waals surface area contributed by atoms with Crippen LogP contribution in [0.3, 0.4) is 0 Å². The van der Waals surface area contributed by atoms with Gasteiger partial charge in [-0.25, -0.2) is 0 Å². The molecule has 1 saturated carbocycles. The summed E-state index contributed by atoms with van der Waals surface area (Å²) in [5, 5.41) is 0. The van der Waals surface area contributed by atoms with Crippen molar-refractivity contribution < 1.29 is 27.5 Å². The number of nitrogens with zero attached hydrogens (tertiary/aromatic N) is 1. The molecule has 0 bridgehead atoms. The van der Waals surface area contributed by atoms with Gasteiger partial charge in [0.05, 0.1) is 11.5 Å². The molecule has 1 aliphatic heterocycles. The van der Waals surface area contributed by atoms with Crippen molar-refractivity contribution in [2.24, 2.45) is 5.92 Å². The van der Waals surface area contributed by atoms with Gasteiger partial charge in [-0.05, 0) is 42.5 Å². The molecule has 2 aliphatic rings. The molecular weight excluding hydrogens is 371 g/mol. The fourth-order valence-corrected chi connectivity index (χ4v) is 3.71. The van der Waals surface area contributed by atoms with Crippen molar-refractivity contribution >= 4 is 17.6 Å². The number of esters is 1. The fourth-order valence-electron chi connectivity index (χ4n) is 3.71. The first-order valence-corrected chi connectivity index (χ1v) is 9.13. The van der Waals surface area contributed by atoms with Crippen LogP contribution in [-0.4, -0.2) is 18.4 Å². The maximum atomic E-state index is 13.2. The first-order valence-electron chi connectivity index (χ1n) is 9.13. The van der Waals surface area contributed by atoms with Crippen LogP contribution in [0.5, 0.6) is 5.75 Å². The standard InChI is InChI=1S/C21H18F3NO3/c22-21(23,24)18-8-2-1-7-15(18)16-12-17(16)20(27)28-14-6-3-5-13(11-14)25-10-4-9-19(25)26/h1-3,5-8,11,16-17H,4,9-10,12H2. The molecule has 2 aromatic carbocycles. The van der Waals surface area contributed by atoms with Crippen LogP contribution in [-0.2, 0) is 15.8 Å². The molecule has 0 N–H and O–H groups in total. The molecule has 1 heterocycles. The molecule has 4 nitrogen and oxygen atoms in total. The highest BCUT2D eigenvalue weighted by atomic mass is 19.4. The molecule has 0 spiro atoms. The van der Waals surface area contributed by atoms with E-state index in [0.717, 1.165) is 12.5 Å². The number of carbonyl (C=O) groups excluding carboxylic acids is 2. The molecule has 2 unspecified atom stereocenters. The van der Waals surface area contributed by atoms with Gasteiger partial charge in [0.15, 0.2) is 0 Å². The van der Waals surface area contributed by atoms with E-state index < -0.39 is 29.5 Å². The topological polar surface area (TPSA) is 46.6 Å². The second-order valence-corrected chi connectivity index (χ2v) is 7.10. The summed E-state index contributed by atoms with van der Waals surface area (Å²) in [6, 6.07) is 12.0. The Labute approximate surface area is 159 Å². The van der Waals surface area contributed by atoms with Gasteiger partial charge in [0.1, 0.15) is 5.75 Å². The molecule has 2 atom stereocenters. The lowest BCUT2D eigenvalue weighted by Gasteiger charge is -2.16. The van der Waals surface area contributed by atoms with Gasteiger partial charge in [-0.15, -0.1) is 0 Å². The number of rotatable bonds is 4. The van der Waals surface area contributed by atoms with E-state index >= 15 is 0 Å². The van der Waals surface area contributed by atoms with Crippen LogP contribution in [0.25, 0.3) is 0 Å². The molecule has 28 heavy (non-hydrogen) atoms. The minimum Gasteiger partial charge on any atom is -0.426 e. The highest BCUT2D eigenvalue weighted by Gasteiger charge is 2.49. The van der Waals surface area contributed by atoms with Crippen molar-refractivity contribution in [1.82, 2.24) is 0 Å². The van der Waals surface area contributed by atoms with E-state index in [1.807, 2.05) is 0 Å². The lowest BCUT2D eigenvalue weighted by atomic mass is 10.0. The number of benzene rings is 2. The molecule has 0 aromatic heterocycles. The quantitative estimate of drug-likeness (QED) is 0.570. The van der Waals surface area contributed by atoms with Crippen LogP contribution in [0.1, 0.15) is 36.3 Å². The Balaban J connectivity index is 1.46. The number of alkyl halides is 3. The summed E-state index contributed by atoms with van der Waals surface area (Å²) in [6.45, 7) is 0.620. The summed E-state index contributed by atoms with van der Waals surface area (Å²) in [5.74, 6) is -1.33. The van der Waals surface area contributed by atoms with Crippen molar-refractivity contribution in [2.45, 2.75) is 31.4 Å². The Morgan fingerprint density at radius 1 is 1.11 bits per heavy atom. The fraction of sp³-hybridized carbons (Fsp3) is 0.333. The van der Waals surface area contributed by atoms with Gasteiger partial charge < -0.3 is 9.64 Å². The second kappa shape index (κ2) is 6.96. The Hall–Kier alpha value is -2.83. The Kier molecular flexibility index (Phi) is 4.61. The van der Waals surface area contributed by atoms with Crippen molar-refractivity contribution in [2.75, 3.05) is 11.4 Å². The number of ether oxygens (including phenoxy) is 1. The van der Waals surface area contributed by atoms with E-state index in [1.165, 1.54) is 12.1 Å². The molecule has 146 valence electrons. The number of hydrogen-bond donors (Lipinski definition) is 0. The highest BCUT2D eigenvalue weighted by Crippen LogP contribution is 2.51. The van der Waals surface area contributed by atoms with Gasteiger partial charge in [-0.2, -0.15) is 13.2 Å². The SMILES string of the molecule is O=C(Oc1cccc(N2CCCC2=O)c1)C1CC1c1ccccc1C(F)(F)F. The first-order chi connectivity index (χ1) is 13.3. The Morgan fingerprint density at radius 3 is 2.61 bits per heavy atom. The first kappa shape index (κ1) is 18.5. The van der Waals surface area contributed by atoms with Crippen molar-refractivity contribution in [3.63, 3.8) is 0 Å². The number of amides is 1. The lowest BCUT2D eigenvalue weighted by molar-refractivity contribution is -0.139. The molecule has 4 rings (SSSR count). The zero-order chi connectivity index (χ0) is 19.9. The molecular formula is C21H18F3NO3. The van der Waals surface area contributed by atoms with Gasteiger partial charge in [-0.1, -0.05) is 24.3 Å². The third-order valence-electron chi connectivity index (χ3n) is 5.18. The average molecular weight is 389 g/mol. The van der Waals surface area contributed by atoms with E-state index in [0.29, 0.717) is 25.1 Å². The molecule has 1 amide bonds. The summed E-state index contributed by atoms with van der Waals surface area (Å²) in [6.07, 6.45) is -2.85. The minimum absolute atomic E-state index is 0.0227. The summed E-state index contributed by atoms with van der Waals surface area (Å²) >= 11 is 0. The Bertz CT molecular complexity index is 925. The van der Waals surface area contributed by atoms with Gasteiger partial charge in [0.25, 0.3) is 0 Å². The smallest absolute Gasteiger partial charge is 0.416 e. The van der Waals surface area contributed by atoms with Crippen LogP contribution < -0.4 is 9.64 Å². The predicted molar refractivity (Wildman–Crippen MR) is 96.0 cm³/mol. The maximum Gasteiger partial charge on any atom is 0.416 e. The number of carbonyl (C=O) groups is 2. The summed E-state index contributed by atoms with van der Waals surface area (Å²) < 4.78 is 45.0. The van der Waals surface area contributed by atoms with Crippen LogP contribution in [0.4, 0.5) is 18.9 Å². The van der Waals surface area contributed by atoms with Crippen LogP contribution in [0.2, 0.25) is 0 Å². The third-order valence-corrected chi connectivity index (χ3v) is 5.18. The highest BCUT2D eigenvalue weighted by molar-refractivity contribution is 5.95. The van der Waals surface area contributed by atoms with E-state index in [4.69, 9.17) is 4.74 Å². The zero-order valence-corrected chi connectivity index (χ0v) is 14.9. The molecule has 7 heteroatoms. The molecule has 2 fully saturated rings. The van der Waals surface area contributed by atoms with Gasteiger partial charge >= 0.3 is 12.1 Å². The van der Waals surface area contributed by atoms with Crippen molar-refractivity contribution in [1.29, 1.82) is 0 Å². The van der Waals surface area contributed by atoms with Crippen LogP contribution >= 0.6 is 0 Å². The van der Waals surface area contributed by atoms with E-state index in [-0.39, 0.29) is 17.2 Å². The summed E-state index contributed by atoms with van der Waals surface area (Å²) in [4.78, 5) is 25.9. The van der Waals surface area contributed by atoms with Crippen molar-refractivity contribution in [3.8, 4) is 5.75 Å². The molecule has 1 saturated heterocycles. The summed E-state index contributed by atoms with van der Waals surface area (Å²) in [5.41, 5.74) is 0.0840. The average Bonchev–Trinajstić information content (AvgIpc) is 3.35. The van der Waals surface area contributed by atoms with Crippen LogP contribution in [0, 0.1) is 5.92 Å². The van der Waals surface area contributed by atoms with Gasteiger partial charge in [-0.3, -0.25) is 9.59 Å². The van der Waals surface area contributed by atoms with Crippen molar-refractivity contribution in [3.05, 3.63) is 59.7 Å². The van der Waals surface area contributed by atoms with Gasteiger partial charge in [0, 0.05) is 24.7 Å². The molecule has 2 aromatic rings. The monoisotopic (exact) mass is 389 g/mol. The van der Waals surface area contributed by atoms with Gasteiger partial charge in [0.2, 0.25) is 5.91 Å². The van der Waals surface area contributed by atoms with E-state index in [9.17, 15) is 22.8 Å². The van der Waals surface area contributed by atoms with E-state index in [1.54, 1.807) is 35.2 Å². The summed E-state index contributed by atoms with van der Waals surface area (Å²) in [7, 11) is 0. The largest absolute Gasteiger partial charge is 0.426 e. The Morgan fingerprint density at radius 2 is 1.89 bits per heavy atom.